The van der Waals surface area contributed by atoms with E-state index in [4.69, 9.17) is 17.0 Å². The van der Waals surface area contributed by atoms with Crippen molar-refractivity contribution in [1.29, 1.82) is 0 Å². The van der Waals surface area contributed by atoms with E-state index in [1.165, 1.54) is 11.8 Å². The van der Waals surface area contributed by atoms with Gasteiger partial charge in [-0.2, -0.15) is 5.10 Å². The molecule has 6 nitrogen and oxygen atoms in total. The zero-order valence-corrected chi connectivity index (χ0v) is 18.1. The van der Waals surface area contributed by atoms with Crippen molar-refractivity contribution in [3.8, 4) is 17.1 Å². The third kappa shape index (κ3) is 4.24. The van der Waals surface area contributed by atoms with Gasteiger partial charge in [-0.3, -0.25) is 4.90 Å². The predicted octanol–water partition coefficient (Wildman–Crippen LogP) is 3.94. The average Bonchev–Trinajstić information content (AvgIpc) is 2.93. The van der Waals surface area contributed by atoms with Crippen LogP contribution in [-0.2, 0) is 13.7 Å². The molecule has 1 aliphatic heterocycles. The lowest BCUT2D eigenvalue weighted by molar-refractivity contribution is 0.219. The van der Waals surface area contributed by atoms with Crippen molar-refractivity contribution in [3.63, 3.8) is 0 Å². The monoisotopic (exact) mass is 427 g/mol. The summed E-state index contributed by atoms with van der Waals surface area (Å²) < 4.78 is 23.6. The first-order valence-corrected chi connectivity index (χ1v) is 10.5. The van der Waals surface area contributed by atoms with Crippen LogP contribution in [0.1, 0.15) is 6.42 Å². The normalized spacial score (nSPS) is 15.2. The van der Waals surface area contributed by atoms with Crippen molar-refractivity contribution in [2.24, 2.45) is 7.05 Å². The number of hydrogen-bond donors (Lipinski definition) is 0. The number of aromatic nitrogens is 3. The minimum atomic E-state index is -0.294. The van der Waals surface area contributed by atoms with E-state index in [1.54, 1.807) is 28.5 Å². The van der Waals surface area contributed by atoms with E-state index in [0.29, 0.717) is 22.8 Å². The Balaban J connectivity index is 1.47. The molecule has 0 unspecified atom stereocenters. The molecule has 158 valence electrons. The van der Waals surface area contributed by atoms with Crippen LogP contribution in [-0.4, -0.2) is 52.5 Å². The third-order valence-corrected chi connectivity index (χ3v) is 6.00. The maximum atomic E-state index is 14.2. The minimum absolute atomic E-state index is 0.294. The zero-order chi connectivity index (χ0) is 21.1. The minimum Gasteiger partial charge on any atom is -0.497 e. The van der Waals surface area contributed by atoms with E-state index in [9.17, 15) is 4.39 Å². The molecule has 1 aromatic heterocycles. The average molecular weight is 428 g/mol. The largest absolute Gasteiger partial charge is 0.497 e. The summed E-state index contributed by atoms with van der Waals surface area (Å²) in [5.74, 6) is 1.12. The lowest BCUT2D eigenvalue weighted by Crippen LogP contribution is -2.32. The van der Waals surface area contributed by atoms with Crippen LogP contribution in [0.4, 0.5) is 10.1 Å². The number of ether oxygens (including phenoxy) is 1. The first kappa shape index (κ1) is 20.6. The number of nitrogens with zero attached hydrogens (tertiary/aromatic N) is 5. The predicted molar refractivity (Wildman–Crippen MR) is 119 cm³/mol. The summed E-state index contributed by atoms with van der Waals surface area (Å²) in [4.78, 5) is 4.74. The van der Waals surface area contributed by atoms with Crippen LogP contribution in [0.2, 0.25) is 0 Å². The standard InChI is InChI=1S/C22H26FN5OS/c1-25-21(19-6-3-4-7-20(19)23)24-28(22(25)30)16-26-12-5-13-27(15-14-26)17-8-10-18(29-2)11-9-17/h3-4,6-11H,5,12-16H2,1-2H3. The first-order chi connectivity index (χ1) is 14.6. The number of halogens is 1. The van der Waals surface area contributed by atoms with Gasteiger partial charge < -0.3 is 14.2 Å². The van der Waals surface area contributed by atoms with Gasteiger partial charge in [0.1, 0.15) is 11.6 Å². The van der Waals surface area contributed by atoms with Crippen LogP contribution in [0.3, 0.4) is 0 Å². The summed E-state index contributed by atoms with van der Waals surface area (Å²) in [5, 5.41) is 4.63. The molecule has 3 aromatic rings. The molecule has 30 heavy (non-hydrogen) atoms. The van der Waals surface area contributed by atoms with Crippen molar-refractivity contribution < 1.29 is 9.13 Å². The molecule has 8 heteroatoms. The lowest BCUT2D eigenvalue weighted by atomic mass is 10.2. The van der Waals surface area contributed by atoms with Gasteiger partial charge in [0.05, 0.1) is 19.3 Å². The number of rotatable bonds is 5. The molecule has 0 spiro atoms. The Morgan fingerprint density at radius 3 is 2.53 bits per heavy atom. The molecule has 1 aliphatic rings. The Labute approximate surface area is 181 Å². The summed E-state index contributed by atoms with van der Waals surface area (Å²) in [6.45, 7) is 4.38. The van der Waals surface area contributed by atoms with E-state index in [0.717, 1.165) is 38.3 Å². The van der Waals surface area contributed by atoms with Crippen LogP contribution >= 0.6 is 12.2 Å². The maximum absolute atomic E-state index is 14.2. The number of benzene rings is 2. The molecular weight excluding hydrogens is 401 g/mol. The molecule has 2 aromatic carbocycles. The van der Waals surface area contributed by atoms with E-state index in [2.05, 4.69) is 27.0 Å². The highest BCUT2D eigenvalue weighted by Crippen LogP contribution is 2.22. The van der Waals surface area contributed by atoms with E-state index in [1.807, 2.05) is 25.2 Å². The topological polar surface area (TPSA) is 38.5 Å². The number of hydrogen-bond acceptors (Lipinski definition) is 5. The summed E-state index contributed by atoms with van der Waals surface area (Å²) in [5.41, 5.74) is 1.67. The Morgan fingerprint density at radius 2 is 1.80 bits per heavy atom. The summed E-state index contributed by atoms with van der Waals surface area (Å²) in [6.07, 6.45) is 1.05. The molecular formula is C22H26FN5OS. The third-order valence-electron chi connectivity index (χ3n) is 5.52. The first-order valence-electron chi connectivity index (χ1n) is 10.1. The fourth-order valence-electron chi connectivity index (χ4n) is 3.81. The highest BCUT2D eigenvalue weighted by atomic mass is 32.1. The molecule has 0 atom stereocenters. The molecule has 0 aliphatic carbocycles. The summed E-state index contributed by atoms with van der Waals surface area (Å²) >= 11 is 5.58. The Bertz CT molecular complexity index is 1060. The molecule has 2 heterocycles. The number of methoxy groups -OCH3 is 1. The van der Waals surface area contributed by atoms with E-state index < -0.39 is 0 Å². The summed E-state index contributed by atoms with van der Waals surface area (Å²) in [7, 11) is 3.51. The second-order valence-electron chi connectivity index (χ2n) is 7.44. The maximum Gasteiger partial charge on any atom is 0.199 e. The van der Waals surface area contributed by atoms with Crippen LogP contribution in [0.5, 0.6) is 5.75 Å². The molecule has 1 saturated heterocycles. The Morgan fingerprint density at radius 1 is 1.03 bits per heavy atom. The second kappa shape index (κ2) is 8.97. The highest BCUT2D eigenvalue weighted by molar-refractivity contribution is 7.71. The van der Waals surface area contributed by atoms with Crippen molar-refractivity contribution in [1.82, 2.24) is 19.2 Å². The zero-order valence-electron chi connectivity index (χ0n) is 17.3. The Kier molecular flexibility index (Phi) is 6.15. The SMILES string of the molecule is COc1ccc(N2CCCN(Cn3nc(-c4ccccc4F)n(C)c3=S)CC2)cc1. The summed E-state index contributed by atoms with van der Waals surface area (Å²) in [6, 6.07) is 14.9. The quantitative estimate of drug-likeness (QED) is 0.577. The van der Waals surface area contributed by atoms with Gasteiger partial charge >= 0.3 is 0 Å². The van der Waals surface area contributed by atoms with Gasteiger partial charge in [0, 0.05) is 38.9 Å². The van der Waals surface area contributed by atoms with Gasteiger partial charge in [0.25, 0.3) is 0 Å². The molecule has 0 saturated carbocycles. The van der Waals surface area contributed by atoms with Gasteiger partial charge in [-0.25, -0.2) is 9.07 Å². The van der Waals surface area contributed by atoms with Crippen LogP contribution in [0.25, 0.3) is 11.4 Å². The molecule has 0 N–H and O–H groups in total. The van der Waals surface area contributed by atoms with E-state index >= 15 is 0 Å². The second-order valence-corrected chi connectivity index (χ2v) is 7.81. The fraction of sp³-hybridized carbons (Fsp3) is 0.364. The molecule has 0 bridgehead atoms. The van der Waals surface area contributed by atoms with Crippen LogP contribution in [0.15, 0.2) is 48.5 Å². The van der Waals surface area contributed by atoms with Crippen molar-refractivity contribution in [2.75, 3.05) is 38.2 Å². The van der Waals surface area contributed by atoms with Crippen molar-refractivity contribution >= 4 is 17.9 Å². The van der Waals surface area contributed by atoms with Crippen molar-refractivity contribution in [3.05, 3.63) is 59.1 Å². The molecule has 0 radical (unpaired) electrons. The van der Waals surface area contributed by atoms with Crippen LogP contribution in [0, 0.1) is 10.6 Å². The van der Waals surface area contributed by atoms with E-state index in [-0.39, 0.29) is 5.82 Å². The number of anilines is 1. The van der Waals surface area contributed by atoms with Gasteiger partial charge in [-0.15, -0.1) is 0 Å². The van der Waals surface area contributed by atoms with Gasteiger partial charge in [0.2, 0.25) is 0 Å². The Hall–Kier alpha value is -2.71. The lowest BCUT2D eigenvalue weighted by Gasteiger charge is -2.23. The molecule has 0 amide bonds. The van der Waals surface area contributed by atoms with Gasteiger partial charge in [0.15, 0.2) is 10.6 Å². The van der Waals surface area contributed by atoms with Gasteiger partial charge in [-0.05, 0) is 55.0 Å². The fourth-order valence-corrected chi connectivity index (χ4v) is 4.00. The van der Waals surface area contributed by atoms with Gasteiger partial charge in [-0.1, -0.05) is 12.1 Å². The van der Waals surface area contributed by atoms with Crippen LogP contribution < -0.4 is 9.64 Å². The highest BCUT2D eigenvalue weighted by Gasteiger charge is 2.18. The smallest absolute Gasteiger partial charge is 0.199 e. The molecule has 4 rings (SSSR count). The molecule has 1 fully saturated rings. The van der Waals surface area contributed by atoms with Crippen molar-refractivity contribution in [2.45, 2.75) is 13.1 Å².